The fourth-order valence-electron chi connectivity index (χ4n) is 1.50. The molecule has 92 valence electrons. The minimum Gasteiger partial charge on any atom is -0.508 e. The first-order chi connectivity index (χ1) is 8.58. The summed E-state index contributed by atoms with van der Waals surface area (Å²) in [6.07, 6.45) is 0. The summed E-state index contributed by atoms with van der Waals surface area (Å²) in [7, 11) is 0. The molecule has 4 nitrogen and oxygen atoms in total. The summed E-state index contributed by atoms with van der Waals surface area (Å²) in [5.41, 5.74) is 7.11. The summed E-state index contributed by atoms with van der Waals surface area (Å²) in [5.74, 6) is -0.155. The maximum absolute atomic E-state index is 12.0. The van der Waals surface area contributed by atoms with E-state index in [1.807, 2.05) is 12.1 Å². The van der Waals surface area contributed by atoms with Gasteiger partial charge in [0.25, 0.3) is 5.91 Å². The number of aromatic hydroxyl groups is 1. The van der Waals surface area contributed by atoms with Gasteiger partial charge in [0.1, 0.15) is 5.75 Å². The molecule has 2 rings (SSSR count). The molecule has 0 saturated heterocycles. The van der Waals surface area contributed by atoms with Crippen LogP contribution in [0.3, 0.4) is 0 Å². The molecular weight excluding hydrogens is 343 g/mol. The van der Waals surface area contributed by atoms with E-state index in [1.165, 1.54) is 12.1 Å². The minimum absolute atomic E-state index is 0.0693. The zero-order chi connectivity index (χ0) is 13.1. The SMILES string of the molecule is Nc1cc(O)ccc1NC(=O)c1ccccc1I. The van der Waals surface area contributed by atoms with Crippen LogP contribution in [-0.2, 0) is 0 Å². The van der Waals surface area contributed by atoms with Crippen LogP contribution < -0.4 is 11.1 Å². The number of nitrogens with two attached hydrogens (primary N) is 1. The highest BCUT2D eigenvalue weighted by Gasteiger charge is 2.10. The van der Waals surface area contributed by atoms with Gasteiger partial charge in [-0.25, -0.2) is 0 Å². The van der Waals surface area contributed by atoms with Crippen LogP contribution in [0.15, 0.2) is 42.5 Å². The molecular formula is C13H11IN2O2. The third kappa shape index (κ3) is 2.73. The van der Waals surface area contributed by atoms with Gasteiger partial charge < -0.3 is 16.2 Å². The lowest BCUT2D eigenvalue weighted by molar-refractivity contribution is 0.102. The summed E-state index contributed by atoms with van der Waals surface area (Å²) in [4.78, 5) is 12.0. The average Bonchev–Trinajstić information content (AvgIpc) is 2.33. The largest absolute Gasteiger partial charge is 0.508 e. The second-order valence-corrected chi connectivity index (χ2v) is 4.87. The van der Waals surface area contributed by atoms with Gasteiger partial charge in [-0.05, 0) is 46.9 Å². The number of hydrogen-bond donors (Lipinski definition) is 3. The summed E-state index contributed by atoms with van der Waals surface area (Å²) >= 11 is 2.10. The second kappa shape index (κ2) is 5.26. The molecule has 2 aromatic carbocycles. The Kier molecular flexibility index (Phi) is 3.71. The van der Waals surface area contributed by atoms with Gasteiger partial charge in [-0.1, -0.05) is 12.1 Å². The molecule has 0 heterocycles. The van der Waals surface area contributed by atoms with Gasteiger partial charge in [0.15, 0.2) is 0 Å². The second-order valence-electron chi connectivity index (χ2n) is 3.71. The van der Waals surface area contributed by atoms with Crippen molar-refractivity contribution in [3.05, 3.63) is 51.6 Å². The highest BCUT2D eigenvalue weighted by atomic mass is 127. The average molecular weight is 354 g/mol. The number of hydrogen-bond acceptors (Lipinski definition) is 3. The molecule has 0 aliphatic rings. The lowest BCUT2D eigenvalue weighted by Gasteiger charge is -2.09. The van der Waals surface area contributed by atoms with Gasteiger partial charge in [-0.2, -0.15) is 0 Å². The van der Waals surface area contributed by atoms with E-state index in [1.54, 1.807) is 18.2 Å². The normalized spacial score (nSPS) is 10.1. The zero-order valence-corrected chi connectivity index (χ0v) is 11.5. The molecule has 0 bridgehead atoms. The molecule has 0 aliphatic heterocycles. The van der Waals surface area contributed by atoms with E-state index in [4.69, 9.17) is 5.73 Å². The maximum atomic E-state index is 12.0. The smallest absolute Gasteiger partial charge is 0.256 e. The lowest BCUT2D eigenvalue weighted by atomic mass is 10.2. The molecule has 4 N–H and O–H groups in total. The first-order valence-electron chi connectivity index (χ1n) is 5.22. The van der Waals surface area contributed by atoms with E-state index in [9.17, 15) is 9.90 Å². The summed E-state index contributed by atoms with van der Waals surface area (Å²) in [6.45, 7) is 0. The molecule has 0 fully saturated rings. The summed E-state index contributed by atoms with van der Waals surface area (Å²) < 4.78 is 0.866. The van der Waals surface area contributed by atoms with Crippen LogP contribution in [-0.4, -0.2) is 11.0 Å². The Morgan fingerprint density at radius 1 is 1.22 bits per heavy atom. The maximum Gasteiger partial charge on any atom is 0.256 e. The van der Waals surface area contributed by atoms with Crippen LogP contribution in [0.5, 0.6) is 5.75 Å². The fraction of sp³-hybridized carbons (Fsp3) is 0. The number of anilines is 2. The van der Waals surface area contributed by atoms with E-state index in [2.05, 4.69) is 27.9 Å². The molecule has 0 radical (unpaired) electrons. The first-order valence-corrected chi connectivity index (χ1v) is 6.30. The van der Waals surface area contributed by atoms with Gasteiger partial charge in [0, 0.05) is 9.64 Å². The van der Waals surface area contributed by atoms with Crippen LogP contribution in [0.25, 0.3) is 0 Å². The van der Waals surface area contributed by atoms with Gasteiger partial charge in [-0.3, -0.25) is 4.79 Å². The number of carbonyl (C=O) groups excluding carboxylic acids is 1. The quantitative estimate of drug-likeness (QED) is 0.441. The molecule has 1 amide bonds. The number of halogens is 1. The van der Waals surface area contributed by atoms with Gasteiger partial charge in [0.05, 0.1) is 16.9 Å². The molecule has 0 unspecified atom stereocenters. The Bertz CT molecular complexity index is 599. The number of nitrogen functional groups attached to an aromatic ring is 1. The molecule has 18 heavy (non-hydrogen) atoms. The van der Waals surface area contributed by atoms with E-state index in [-0.39, 0.29) is 11.7 Å². The predicted molar refractivity (Wildman–Crippen MR) is 79.6 cm³/mol. The Labute approximate surface area is 118 Å². The third-order valence-electron chi connectivity index (χ3n) is 2.40. The molecule has 0 spiro atoms. The molecule has 0 aromatic heterocycles. The molecule has 2 aromatic rings. The van der Waals surface area contributed by atoms with E-state index in [0.717, 1.165) is 3.57 Å². The molecule has 0 aliphatic carbocycles. The van der Waals surface area contributed by atoms with Crippen molar-refractivity contribution in [1.29, 1.82) is 0 Å². The molecule has 0 saturated carbocycles. The minimum atomic E-state index is -0.225. The fourth-order valence-corrected chi connectivity index (χ4v) is 2.13. The van der Waals surface area contributed by atoms with Crippen molar-refractivity contribution in [2.24, 2.45) is 0 Å². The van der Waals surface area contributed by atoms with Crippen molar-refractivity contribution in [1.82, 2.24) is 0 Å². The Morgan fingerprint density at radius 2 is 1.94 bits per heavy atom. The number of rotatable bonds is 2. The van der Waals surface area contributed by atoms with Crippen molar-refractivity contribution >= 4 is 39.9 Å². The number of carbonyl (C=O) groups is 1. The summed E-state index contributed by atoms with van der Waals surface area (Å²) in [6, 6.07) is 11.7. The number of amides is 1. The van der Waals surface area contributed by atoms with Gasteiger partial charge >= 0.3 is 0 Å². The number of phenolic OH excluding ortho intramolecular Hbond substituents is 1. The van der Waals surface area contributed by atoms with Crippen molar-refractivity contribution < 1.29 is 9.90 Å². The van der Waals surface area contributed by atoms with E-state index in [0.29, 0.717) is 16.9 Å². The monoisotopic (exact) mass is 354 g/mol. The highest BCUT2D eigenvalue weighted by Crippen LogP contribution is 2.24. The van der Waals surface area contributed by atoms with Crippen molar-refractivity contribution in [2.45, 2.75) is 0 Å². The van der Waals surface area contributed by atoms with Crippen LogP contribution in [0.1, 0.15) is 10.4 Å². The van der Waals surface area contributed by atoms with Crippen LogP contribution in [0.2, 0.25) is 0 Å². The van der Waals surface area contributed by atoms with E-state index >= 15 is 0 Å². The van der Waals surface area contributed by atoms with Gasteiger partial charge in [-0.15, -0.1) is 0 Å². The predicted octanol–water partition coefficient (Wildman–Crippen LogP) is 2.83. The topological polar surface area (TPSA) is 75.3 Å². The zero-order valence-electron chi connectivity index (χ0n) is 9.35. The van der Waals surface area contributed by atoms with Gasteiger partial charge in [0.2, 0.25) is 0 Å². The first kappa shape index (κ1) is 12.7. The number of nitrogens with one attached hydrogen (secondary N) is 1. The lowest BCUT2D eigenvalue weighted by Crippen LogP contribution is -2.14. The van der Waals surface area contributed by atoms with Crippen LogP contribution in [0, 0.1) is 3.57 Å². The van der Waals surface area contributed by atoms with Crippen LogP contribution >= 0.6 is 22.6 Å². The number of phenols is 1. The molecule has 0 atom stereocenters. The summed E-state index contributed by atoms with van der Waals surface area (Å²) in [5, 5.41) is 12.0. The third-order valence-corrected chi connectivity index (χ3v) is 3.34. The van der Waals surface area contributed by atoms with Crippen LogP contribution in [0.4, 0.5) is 11.4 Å². The van der Waals surface area contributed by atoms with Crippen molar-refractivity contribution in [3.63, 3.8) is 0 Å². The van der Waals surface area contributed by atoms with Crippen molar-refractivity contribution in [3.8, 4) is 5.75 Å². The Balaban J connectivity index is 2.24. The van der Waals surface area contributed by atoms with Crippen molar-refractivity contribution in [2.75, 3.05) is 11.1 Å². The Morgan fingerprint density at radius 3 is 2.61 bits per heavy atom. The highest BCUT2D eigenvalue weighted by molar-refractivity contribution is 14.1. The standard InChI is InChI=1S/C13H11IN2O2/c14-10-4-2-1-3-9(10)13(18)16-12-6-5-8(17)7-11(12)15/h1-7,17H,15H2,(H,16,18). The Hall–Kier alpha value is -1.76. The molecule has 5 heteroatoms. The van der Waals surface area contributed by atoms with E-state index < -0.39 is 0 Å². The number of benzene rings is 2.